The van der Waals surface area contributed by atoms with E-state index in [-0.39, 0.29) is 18.2 Å². The number of hydrogen-bond donors (Lipinski definition) is 2. The summed E-state index contributed by atoms with van der Waals surface area (Å²) in [6.07, 6.45) is 0. The second-order valence-corrected chi connectivity index (χ2v) is 3.69. The predicted octanol–water partition coefficient (Wildman–Crippen LogP) is 1.31. The van der Waals surface area contributed by atoms with Crippen molar-refractivity contribution in [1.82, 2.24) is 5.32 Å². The van der Waals surface area contributed by atoms with E-state index in [4.69, 9.17) is 5.73 Å². The molecule has 1 aromatic carbocycles. The maximum atomic E-state index is 13.5. The summed E-state index contributed by atoms with van der Waals surface area (Å²) in [7, 11) is 0. The van der Waals surface area contributed by atoms with E-state index in [0.717, 1.165) is 5.56 Å². The molecule has 0 amide bonds. The first-order chi connectivity index (χ1) is 6.13. The summed E-state index contributed by atoms with van der Waals surface area (Å²) in [6.45, 7) is 3.22. The molecule has 1 saturated heterocycles. The molecule has 0 aromatic heterocycles. The lowest BCUT2D eigenvalue weighted by atomic mass is 9.82. The number of nitrogens with one attached hydrogen (secondary N) is 1. The summed E-state index contributed by atoms with van der Waals surface area (Å²) >= 11 is 0. The summed E-state index contributed by atoms with van der Waals surface area (Å²) in [6, 6.07) is 5.07. The van der Waals surface area contributed by atoms with E-state index in [2.05, 4.69) is 5.32 Å². The lowest BCUT2D eigenvalue weighted by molar-refractivity contribution is 0.276. The largest absolute Gasteiger partial charge is 0.319 e. The SMILES string of the molecule is Cc1cccc(F)c1C1(N)CNC1.Cl. The van der Waals surface area contributed by atoms with E-state index in [0.29, 0.717) is 18.7 Å². The second kappa shape index (κ2) is 3.85. The fourth-order valence-corrected chi connectivity index (χ4v) is 1.83. The fourth-order valence-electron chi connectivity index (χ4n) is 1.83. The van der Waals surface area contributed by atoms with Crippen LogP contribution in [0.25, 0.3) is 0 Å². The van der Waals surface area contributed by atoms with E-state index in [1.807, 2.05) is 13.0 Å². The summed E-state index contributed by atoms with van der Waals surface area (Å²) in [5.74, 6) is -0.191. The Hall–Kier alpha value is -0.640. The number of benzene rings is 1. The van der Waals surface area contributed by atoms with Crippen LogP contribution >= 0.6 is 12.4 Å². The predicted molar refractivity (Wildman–Crippen MR) is 57.1 cm³/mol. The molecule has 0 spiro atoms. The minimum atomic E-state index is -0.491. The quantitative estimate of drug-likeness (QED) is 0.743. The van der Waals surface area contributed by atoms with Crippen molar-refractivity contribution in [1.29, 1.82) is 0 Å². The van der Waals surface area contributed by atoms with Crippen molar-refractivity contribution >= 4 is 12.4 Å². The first kappa shape index (κ1) is 11.4. The molecule has 2 rings (SSSR count). The average molecular weight is 217 g/mol. The summed E-state index contributed by atoms with van der Waals surface area (Å²) < 4.78 is 13.5. The van der Waals surface area contributed by atoms with Crippen molar-refractivity contribution in [2.24, 2.45) is 5.73 Å². The van der Waals surface area contributed by atoms with Crippen molar-refractivity contribution < 1.29 is 4.39 Å². The van der Waals surface area contributed by atoms with Gasteiger partial charge in [0.15, 0.2) is 0 Å². The Morgan fingerprint density at radius 2 is 2.07 bits per heavy atom. The van der Waals surface area contributed by atoms with Gasteiger partial charge in [-0.1, -0.05) is 12.1 Å². The van der Waals surface area contributed by atoms with Crippen LogP contribution in [0.15, 0.2) is 18.2 Å². The zero-order chi connectivity index (χ0) is 9.47. The van der Waals surface area contributed by atoms with Gasteiger partial charge >= 0.3 is 0 Å². The highest BCUT2D eigenvalue weighted by Gasteiger charge is 2.37. The Morgan fingerprint density at radius 3 is 2.50 bits per heavy atom. The van der Waals surface area contributed by atoms with Gasteiger partial charge in [-0.15, -0.1) is 12.4 Å². The zero-order valence-electron chi connectivity index (χ0n) is 8.01. The van der Waals surface area contributed by atoms with Gasteiger partial charge in [-0.05, 0) is 18.6 Å². The highest BCUT2D eigenvalue weighted by atomic mass is 35.5. The van der Waals surface area contributed by atoms with Gasteiger partial charge in [0.2, 0.25) is 0 Å². The van der Waals surface area contributed by atoms with E-state index >= 15 is 0 Å². The molecule has 0 radical (unpaired) electrons. The minimum Gasteiger partial charge on any atom is -0.319 e. The van der Waals surface area contributed by atoms with Crippen molar-refractivity contribution in [2.45, 2.75) is 12.5 Å². The molecule has 1 aliphatic rings. The van der Waals surface area contributed by atoms with Crippen LogP contribution in [-0.2, 0) is 5.54 Å². The number of hydrogen-bond acceptors (Lipinski definition) is 2. The smallest absolute Gasteiger partial charge is 0.128 e. The molecule has 0 aliphatic carbocycles. The fraction of sp³-hybridized carbons (Fsp3) is 0.400. The number of nitrogens with two attached hydrogens (primary N) is 1. The lowest BCUT2D eigenvalue weighted by Crippen LogP contribution is -2.63. The maximum Gasteiger partial charge on any atom is 0.128 e. The van der Waals surface area contributed by atoms with Crippen LogP contribution in [0.3, 0.4) is 0 Å². The van der Waals surface area contributed by atoms with Gasteiger partial charge in [-0.3, -0.25) is 0 Å². The van der Waals surface area contributed by atoms with E-state index in [1.54, 1.807) is 6.07 Å². The highest BCUT2D eigenvalue weighted by molar-refractivity contribution is 5.85. The van der Waals surface area contributed by atoms with Crippen LogP contribution in [0, 0.1) is 12.7 Å². The Morgan fingerprint density at radius 1 is 1.43 bits per heavy atom. The summed E-state index contributed by atoms with van der Waals surface area (Å²) in [5, 5.41) is 3.06. The topological polar surface area (TPSA) is 38.0 Å². The number of halogens is 2. The third kappa shape index (κ3) is 1.63. The van der Waals surface area contributed by atoms with Crippen LogP contribution in [0.2, 0.25) is 0 Å². The molecule has 4 heteroatoms. The van der Waals surface area contributed by atoms with E-state index < -0.39 is 5.54 Å². The Labute approximate surface area is 89.1 Å². The Kier molecular flexibility index (Phi) is 3.14. The summed E-state index contributed by atoms with van der Waals surface area (Å²) in [5.41, 5.74) is 7.13. The second-order valence-electron chi connectivity index (χ2n) is 3.69. The van der Waals surface area contributed by atoms with Crippen LogP contribution in [0.5, 0.6) is 0 Å². The molecule has 0 bridgehead atoms. The monoisotopic (exact) mass is 216 g/mol. The van der Waals surface area contributed by atoms with Crippen LogP contribution in [0.1, 0.15) is 11.1 Å². The molecule has 14 heavy (non-hydrogen) atoms. The average Bonchev–Trinajstić information content (AvgIpc) is 2.01. The van der Waals surface area contributed by atoms with Gasteiger partial charge in [0.05, 0.1) is 5.54 Å². The number of rotatable bonds is 1. The molecule has 0 unspecified atom stereocenters. The maximum absolute atomic E-state index is 13.5. The highest BCUT2D eigenvalue weighted by Crippen LogP contribution is 2.27. The van der Waals surface area contributed by atoms with Crippen LogP contribution < -0.4 is 11.1 Å². The van der Waals surface area contributed by atoms with E-state index in [1.165, 1.54) is 6.07 Å². The first-order valence-electron chi connectivity index (χ1n) is 4.39. The molecular formula is C10H14ClFN2. The van der Waals surface area contributed by atoms with Gasteiger partial charge in [-0.25, -0.2) is 4.39 Å². The van der Waals surface area contributed by atoms with Crippen LogP contribution in [0.4, 0.5) is 4.39 Å². The normalized spacial score (nSPS) is 18.2. The standard InChI is InChI=1S/C10H13FN2.ClH/c1-7-3-2-4-8(11)9(7)10(12)5-13-6-10;/h2-4,13H,5-6,12H2,1H3;1H. The molecule has 1 heterocycles. The minimum absolute atomic E-state index is 0. The Bertz CT molecular complexity index is 317. The third-order valence-electron chi connectivity index (χ3n) is 2.60. The van der Waals surface area contributed by atoms with Gasteiger partial charge in [0.1, 0.15) is 5.82 Å². The molecule has 1 aromatic rings. The van der Waals surface area contributed by atoms with Gasteiger partial charge in [-0.2, -0.15) is 0 Å². The lowest BCUT2D eigenvalue weighted by Gasteiger charge is -2.40. The molecule has 2 nitrogen and oxygen atoms in total. The number of aryl methyl sites for hydroxylation is 1. The molecule has 1 fully saturated rings. The molecular weight excluding hydrogens is 203 g/mol. The van der Waals surface area contributed by atoms with Crippen molar-refractivity contribution in [2.75, 3.05) is 13.1 Å². The first-order valence-corrected chi connectivity index (χ1v) is 4.39. The van der Waals surface area contributed by atoms with E-state index in [9.17, 15) is 4.39 Å². The third-order valence-corrected chi connectivity index (χ3v) is 2.60. The molecule has 3 N–H and O–H groups in total. The zero-order valence-corrected chi connectivity index (χ0v) is 8.83. The van der Waals surface area contributed by atoms with Gasteiger partial charge < -0.3 is 11.1 Å². The van der Waals surface area contributed by atoms with Crippen molar-refractivity contribution in [3.63, 3.8) is 0 Å². The summed E-state index contributed by atoms with van der Waals surface area (Å²) in [4.78, 5) is 0. The molecule has 0 atom stereocenters. The van der Waals surface area contributed by atoms with Crippen molar-refractivity contribution in [3.05, 3.63) is 35.1 Å². The van der Waals surface area contributed by atoms with Gasteiger partial charge in [0.25, 0.3) is 0 Å². The van der Waals surface area contributed by atoms with Gasteiger partial charge in [0, 0.05) is 18.7 Å². The van der Waals surface area contributed by atoms with Crippen LogP contribution in [-0.4, -0.2) is 13.1 Å². The molecule has 78 valence electrons. The van der Waals surface area contributed by atoms with Crippen molar-refractivity contribution in [3.8, 4) is 0 Å². The molecule has 1 aliphatic heterocycles. The Balaban J connectivity index is 0.000000980. The molecule has 0 saturated carbocycles.